The van der Waals surface area contributed by atoms with Crippen LogP contribution < -0.4 is 4.90 Å². The van der Waals surface area contributed by atoms with Crippen molar-refractivity contribution < 1.29 is 13.2 Å². The molecule has 164 valence electrons. The van der Waals surface area contributed by atoms with E-state index >= 15 is 0 Å². The number of fused-ring (bicyclic) bond motifs is 2. The minimum atomic E-state index is -4.22. The summed E-state index contributed by atoms with van der Waals surface area (Å²) in [7, 11) is 0. The number of nitrogens with zero attached hydrogens (tertiary/aromatic N) is 4. The number of alkyl halides is 3. The normalized spacial score (nSPS) is 21.9. The number of hydrogen-bond donors (Lipinski definition) is 0. The second-order valence-electron chi connectivity index (χ2n) is 8.52. The fraction of sp³-hybridized carbons (Fsp3) is 0.478. The zero-order valence-electron chi connectivity index (χ0n) is 17.4. The highest BCUT2D eigenvalue weighted by atomic mass is 32.1. The zero-order chi connectivity index (χ0) is 21.6. The second kappa shape index (κ2) is 8.06. The number of likely N-dealkylation sites (tertiary alicyclic amines) is 1. The molecule has 2 fully saturated rings. The molecule has 4 nitrogen and oxygen atoms in total. The summed E-state index contributed by atoms with van der Waals surface area (Å²) in [5.41, 5.74) is 1.31. The van der Waals surface area contributed by atoms with Crippen LogP contribution in [0.5, 0.6) is 0 Å². The molecule has 3 aromatic rings. The smallest absolute Gasteiger partial charge is 0.354 e. The standard InChI is InChI=1S/C23H25F3N4S/c1-2-20-27-21(18-10-17(11-23(24,25)26)31-22(18)28-20)30-13-16-8-9-29(19(16)14-30)12-15-6-4-3-5-7-15/h3-7,10,16,19H,2,8-9,11-14H2,1H3. The van der Waals surface area contributed by atoms with Crippen LogP contribution in [0.2, 0.25) is 0 Å². The first kappa shape index (κ1) is 20.7. The average molecular weight is 447 g/mol. The summed E-state index contributed by atoms with van der Waals surface area (Å²) in [4.78, 5) is 15.1. The molecule has 5 rings (SSSR count). The molecule has 0 aliphatic carbocycles. The Bertz CT molecular complexity index is 1070. The summed E-state index contributed by atoms with van der Waals surface area (Å²) in [5.74, 6) is 2.06. The Morgan fingerprint density at radius 3 is 2.68 bits per heavy atom. The molecule has 1 aromatic carbocycles. The Hall–Kier alpha value is -2.19. The van der Waals surface area contributed by atoms with Crippen LogP contribution in [0.4, 0.5) is 19.0 Å². The van der Waals surface area contributed by atoms with Gasteiger partial charge in [-0.15, -0.1) is 11.3 Å². The SMILES string of the molecule is CCc1nc(N2CC3CCN(Cc4ccccc4)C3C2)c2cc(CC(F)(F)F)sc2n1. The van der Waals surface area contributed by atoms with Gasteiger partial charge in [-0.3, -0.25) is 4.90 Å². The molecule has 2 aromatic heterocycles. The van der Waals surface area contributed by atoms with Crippen molar-refractivity contribution in [3.05, 3.63) is 52.7 Å². The summed E-state index contributed by atoms with van der Waals surface area (Å²) < 4.78 is 38.8. The first-order chi connectivity index (χ1) is 14.9. The molecule has 0 spiro atoms. The number of thiophene rings is 1. The van der Waals surface area contributed by atoms with Gasteiger partial charge in [0.2, 0.25) is 0 Å². The molecule has 0 bridgehead atoms. The summed E-state index contributed by atoms with van der Waals surface area (Å²) in [6, 6.07) is 12.6. The van der Waals surface area contributed by atoms with Gasteiger partial charge in [0.05, 0.1) is 11.8 Å². The van der Waals surface area contributed by atoms with Crippen molar-refractivity contribution in [2.24, 2.45) is 5.92 Å². The van der Waals surface area contributed by atoms with E-state index in [2.05, 4.69) is 39.0 Å². The van der Waals surface area contributed by atoms with Crippen LogP contribution in [-0.4, -0.2) is 46.7 Å². The van der Waals surface area contributed by atoms with E-state index in [9.17, 15) is 13.2 Å². The van der Waals surface area contributed by atoms with Gasteiger partial charge in [-0.1, -0.05) is 37.3 Å². The molecule has 4 heterocycles. The van der Waals surface area contributed by atoms with E-state index < -0.39 is 12.6 Å². The zero-order valence-corrected chi connectivity index (χ0v) is 18.2. The molecule has 31 heavy (non-hydrogen) atoms. The molecule has 2 saturated heterocycles. The summed E-state index contributed by atoms with van der Waals surface area (Å²) in [6.45, 7) is 5.76. The van der Waals surface area contributed by atoms with Crippen molar-refractivity contribution in [3.8, 4) is 0 Å². The fourth-order valence-corrected chi connectivity index (χ4v) is 5.99. The molecule has 0 amide bonds. The molecular formula is C23H25F3N4S. The average Bonchev–Trinajstić information content (AvgIpc) is 3.41. The highest BCUT2D eigenvalue weighted by Crippen LogP contribution is 2.39. The molecule has 0 saturated carbocycles. The van der Waals surface area contributed by atoms with Gasteiger partial charge in [-0.25, -0.2) is 9.97 Å². The van der Waals surface area contributed by atoms with Crippen LogP contribution in [0.25, 0.3) is 10.2 Å². The molecule has 8 heteroatoms. The van der Waals surface area contributed by atoms with Crippen molar-refractivity contribution in [3.63, 3.8) is 0 Å². The summed E-state index contributed by atoms with van der Waals surface area (Å²) >= 11 is 1.14. The topological polar surface area (TPSA) is 32.3 Å². The number of rotatable bonds is 5. The van der Waals surface area contributed by atoms with Gasteiger partial charge in [0.15, 0.2) is 0 Å². The van der Waals surface area contributed by atoms with Crippen molar-refractivity contribution in [1.82, 2.24) is 14.9 Å². The lowest BCUT2D eigenvalue weighted by molar-refractivity contribution is -0.126. The minimum absolute atomic E-state index is 0.302. The molecule has 2 unspecified atom stereocenters. The van der Waals surface area contributed by atoms with Crippen molar-refractivity contribution in [1.29, 1.82) is 0 Å². The summed E-state index contributed by atoms with van der Waals surface area (Å²) in [6.07, 6.45) is -3.32. The molecule has 2 atom stereocenters. The van der Waals surface area contributed by atoms with Gasteiger partial charge in [0.1, 0.15) is 16.5 Å². The number of aromatic nitrogens is 2. The molecule has 2 aliphatic rings. The van der Waals surface area contributed by atoms with Crippen LogP contribution in [0.1, 0.15) is 29.6 Å². The lowest BCUT2D eigenvalue weighted by Crippen LogP contribution is -2.35. The first-order valence-corrected chi connectivity index (χ1v) is 11.6. The fourth-order valence-electron chi connectivity index (χ4n) is 4.92. The Kier molecular flexibility index (Phi) is 5.38. The maximum atomic E-state index is 12.9. The van der Waals surface area contributed by atoms with Crippen LogP contribution in [0.3, 0.4) is 0 Å². The number of anilines is 1. The van der Waals surface area contributed by atoms with E-state index in [-0.39, 0.29) is 0 Å². The van der Waals surface area contributed by atoms with Crippen molar-refractivity contribution >= 4 is 27.4 Å². The largest absolute Gasteiger partial charge is 0.393 e. The molecular weight excluding hydrogens is 421 g/mol. The van der Waals surface area contributed by atoms with E-state index in [0.29, 0.717) is 33.9 Å². The van der Waals surface area contributed by atoms with Crippen LogP contribution in [0, 0.1) is 5.92 Å². The van der Waals surface area contributed by atoms with Crippen molar-refractivity contribution in [2.45, 2.75) is 44.9 Å². The van der Waals surface area contributed by atoms with Crippen LogP contribution in [0.15, 0.2) is 36.4 Å². The Labute approximate surface area is 183 Å². The maximum Gasteiger partial charge on any atom is 0.393 e. The second-order valence-corrected chi connectivity index (χ2v) is 9.63. The third kappa shape index (κ3) is 4.28. The number of aryl methyl sites for hydroxylation is 1. The molecule has 2 aliphatic heterocycles. The summed E-state index contributed by atoms with van der Waals surface area (Å²) in [5, 5.41) is 0.760. The van der Waals surface area contributed by atoms with Gasteiger partial charge < -0.3 is 4.90 Å². The van der Waals surface area contributed by atoms with E-state index in [1.165, 1.54) is 5.56 Å². The van der Waals surface area contributed by atoms with Crippen LogP contribution >= 0.6 is 11.3 Å². The highest BCUT2D eigenvalue weighted by molar-refractivity contribution is 7.18. The highest BCUT2D eigenvalue weighted by Gasteiger charge is 2.42. The lowest BCUT2D eigenvalue weighted by Gasteiger charge is -2.25. The van der Waals surface area contributed by atoms with Gasteiger partial charge in [-0.05, 0) is 30.5 Å². The van der Waals surface area contributed by atoms with Crippen molar-refractivity contribution in [2.75, 3.05) is 24.5 Å². The predicted molar refractivity (Wildman–Crippen MR) is 118 cm³/mol. The monoisotopic (exact) mass is 446 g/mol. The molecule has 0 N–H and O–H groups in total. The third-order valence-corrected chi connectivity index (χ3v) is 7.38. The quantitative estimate of drug-likeness (QED) is 0.548. The van der Waals surface area contributed by atoms with Gasteiger partial charge in [0.25, 0.3) is 0 Å². The van der Waals surface area contributed by atoms with Gasteiger partial charge >= 0.3 is 6.18 Å². The third-order valence-electron chi connectivity index (χ3n) is 6.35. The lowest BCUT2D eigenvalue weighted by atomic mass is 10.0. The van der Waals surface area contributed by atoms with E-state index in [1.54, 1.807) is 6.07 Å². The predicted octanol–water partition coefficient (Wildman–Crippen LogP) is 5.07. The Balaban J connectivity index is 1.42. The maximum absolute atomic E-state index is 12.9. The van der Waals surface area contributed by atoms with Gasteiger partial charge in [0, 0.05) is 37.0 Å². The molecule has 0 radical (unpaired) electrons. The minimum Gasteiger partial charge on any atom is -0.354 e. The van der Waals surface area contributed by atoms with Gasteiger partial charge in [-0.2, -0.15) is 13.2 Å². The number of hydrogen-bond acceptors (Lipinski definition) is 5. The van der Waals surface area contributed by atoms with E-state index in [1.807, 2.05) is 13.0 Å². The van der Waals surface area contributed by atoms with E-state index in [0.717, 1.165) is 55.1 Å². The number of benzene rings is 1. The number of halogens is 3. The Morgan fingerprint density at radius 1 is 1.13 bits per heavy atom. The first-order valence-electron chi connectivity index (χ1n) is 10.8. The van der Waals surface area contributed by atoms with E-state index in [4.69, 9.17) is 4.98 Å². The van der Waals surface area contributed by atoms with Crippen LogP contribution in [-0.2, 0) is 19.4 Å². The Morgan fingerprint density at radius 2 is 1.94 bits per heavy atom.